The maximum atomic E-state index is 12.1. The minimum Gasteiger partial charge on any atom is -0.457 e. The fourth-order valence-electron chi connectivity index (χ4n) is 2.63. The van der Waals surface area contributed by atoms with Gasteiger partial charge in [0.05, 0.1) is 6.42 Å². The molecule has 0 unspecified atom stereocenters. The van der Waals surface area contributed by atoms with Gasteiger partial charge in [-0.1, -0.05) is 12.1 Å². The molecule has 25 heavy (non-hydrogen) atoms. The molecule has 1 aliphatic carbocycles. The Kier molecular flexibility index (Phi) is 6.17. The summed E-state index contributed by atoms with van der Waals surface area (Å²) in [6, 6.07) is 5.65. The van der Waals surface area contributed by atoms with E-state index in [0.29, 0.717) is 5.56 Å². The molecule has 1 amide bonds. The second kappa shape index (κ2) is 8.14. The lowest BCUT2D eigenvalue weighted by Crippen LogP contribution is -2.33. The van der Waals surface area contributed by atoms with E-state index in [4.69, 9.17) is 9.47 Å². The zero-order valence-corrected chi connectivity index (χ0v) is 15.0. The molecule has 0 saturated heterocycles. The summed E-state index contributed by atoms with van der Waals surface area (Å²) >= 11 is 0. The normalized spacial score (nSPS) is 13.1. The molecule has 0 bridgehead atoms. The molecule has 0 atom stereocenters. The average Bonchev–Trinajstić information content (AvgIpc) is 2.98. The number of alkyl carbamates (subject to hydrolysis) is 1. The van der Waals surface area contributed by atoms with Gasteiger partial charge in [-0.05, 0) is 57.2 Å². The first-order valence-electron chi connectivity index (χ1n) is 8.52. The van der Waals surface area contributed by atoms with Gasteiger partial charge in [0.15, 0.2) is 12.4 Å². The molecule has 6 nitrogen and oxygen atoms in total. The smallest absolute Gasteiger partial charge is 0.407 e. The fraction of sp³-hybridized carbons (Fsp3) is 0.526. The minimum atomic E-state index is -0.590. The highest BCUT2D eigenvalue weighted by molar-refractivity contribution is 5.98. The first-order chi connectivity index (χ1) is 11.7. The zero-order chi connectivity index (χ0) is 18.4. The molecule has 6 heteroatoms. The zero-order valence-electron chi connectivity index (χ0n) is 15.0. The van der Waals surface area contributed by atoms with Crippen LogP contribution < -0.4 is 5.32 Å². The number of benzene rings is 1. The first-order valence-corrected chi connectivity index (χ1v) is 8.52. The van der Waals surface area contributed by atoms with Crippen molar-refractivity contribution in [2.24, 2.45) is 0 Å². The van der Waals surface area contributed by atoms with Crippen LogP contribution in [-0.2, 0) is 27.1 Å². The van der Waals surface area contributed by atoms with Gasteiger partial charge in [0.25, 0.3) is 0 Å². The van der Waals surface area contributed by atoms with Crippen LogP contribution in [0.5, 0.6) is 0 Å². The number of rotatable bonds is 6. The molecule has 0 heterocycles. The summed E-state index contributed by atoms with van der Waals surface area (Å²) < 4.78 is 10.0. The van der Waals surface area contributed by atoms with Gasteiger partial charge < -0.3 is 14.8 Å². The molecule has 1 aliphatic rings. The molecule has 0 radical (unpaired) electrons. The Hall–Kier alpha value is -2.37. The average molecular weight is 347 g/mol. The number of hydrogen-bond acceptors (Lipinski definition) is 5. The molecule has 1 aromatic carbocycles. The number of Topliss-reactive ketones (excluding diaryl/α,β-unsaturated/α-hetero) is 1. The number of nitrogens with one attached hydrogen (secondary N) is 1. The lowest BCUT2D eigenvalue weighted by atomic mass is 10.0. The maximum Gasteiger partial charge on any atom is 0.407 e. The van der Waals surface area contributed by atoms with E-state index in [-0.39, 0.29) is 25.4 Å². The van der Waals surface area contributed by atoms with Crippen molar-refractivity contribution in [2.75, 3.05) is 13.2 Å². The molecule has 136 valence electrons. The van der Waals surface area contributed by atoms with Crippen molar-refractivity contribution in [3.63, 3.8) is 0 Å². The van der Waals surface area contributed by atoms with Crippen molar-refractivity contribution in [1.82, 2.24) is 5.32 Å². The Bertz CT molecular complexity index is 660. The van der Waals surface area contributed by atoms with Gasteiger partial charge in [-0.25, -0.2) is 4.79 Å². The lowest BCUT2D eigenvalue weighted by Gasteiger charge is -2.19. The van der Waals surface area contributed by atoms with Crippen LogP contribution in [0.4, 0.5) is 4.79 Å². The standard InChI is InChI=1S/C19H25NO5/c1-19(2,3)25-18(23)20-10-9-17(22)24-12-16(21)15-8-7-13-5-4-6-14(13)11-15/h7-8,11H,4-6,9-10,12H2,1-3H3,(H,20,23). The second-order valence-electron chi connectivity index (χ2n) is 7.10. The van der Waals surface area contributed by atoms with Crippen molar-refractivity contribution in [3.8, 4) is 0 Å². The summed E-state index contributed by atoms with van der Waals surface area (Å²) in [5.41, 5.74) is 2.48. The summed E-state index contributed by atoms with van der Waals surface area (Å²) in [7, 11) is 0. The molecule has 0 aromatic heterocycles. The van der Waals surface area contributed by atoms with Gasteiger partial charge >= 0.3 is 12.1 Å². The molecular formula is C19H25NO5. The number of aryl methyl sites for hydroxylation is 2. The summed E-state index contributed by atoms with van der Waals surface area (Å²) in [4.78, 5) is 35.2. The van der Waals surface area contributed by atoms with E-state index in [1.54, 1.807) is 26.8 Å². The summed E-state index contributed by atoms with van der Waals surface area (Å²) in [5, 5.41) is 2.47. The molecule has 1 aromatic rings. The Morgan fingerprint density at radius 2 is 1.84 bits per heavy atom. The number of ether oxygens (including phenoxy) is 2. The van der Waals surface area contributed by atoms with Crippen molar-refractivity contribution in [2.45, 2.75) is 52.1 Å². The van der Waals surface area contributed by atoms with Crippen LogP contribution in [0.1, 0.15) is 55.1 Å². The van der Waals surface area contributed by atoms with Gasteiger partial charge in [0.1, 0.15) is 5.60 Å². The van der Waals surface area contributed by atoms with Crippen molar-refractivity contribution < 1.29 is 23.9 Å². The van der Waals surface area contributed by atoms with Crippen LogP contribution in [0.25, 0.3) is 0 Å². The third kappa shape index (κ3) is 6.21. The summed E-state index contributed by atoms with van der Waals surface area (Å²) in [5.74, 6) is -0.756. The third-order valence-corrected chi connectivity index (χ3v) is 3.78. The lowest BCUT2D eigenvalue weighted by molar-refractivity contribution is -0.142. The number of carbonyl (C=O) groups excluding carboxylic acids is 3. The number of esters is 1. The van der Waals surface area contributed by atoms with E-state index in [1.807, 2.05) is 12.1 Å². The quantitative estimate of drug-likeness (QED) is 0.632. The number of carbonyl (C=O) groups is 3. The van der Waals surface area contributed by atoms with E-state index >= 15 is 0 Å². The fourth-order valence-corrected chi connectivity index (χ4v) is 2.63. The Balaban J connectivity index is 1.69. The highest BCUT2D eigenvalue weighted by Crippen LogP contribution is 2.23. The summed E-state index contributed by atoms with van der Waals surface area (Å²) in [6.07, 6.45) is 2.56. The van der Waals surface area contributed by atoms with Crippen LogP contribution >= 0.6 is 0 Å². The molecule has 1 N–H and O–H groups in total. The van der Waals surface area contributed by atoms with Gasteiger partial charge in [0, 0.05) is 12.1 Å². The largest absolute Gasteiger partial charge is 0.457 e. The van der Waals surface area contributed by atoms with Crippen molar-refractivity contribution in [1.29, 1.82) is 0 Å². The topological polar surface area (TPSA) is 81.7 Å². The predicted octanol–water partition coefficient (Wildman–Crippen LogP) is 2.82. The minimum absolute atomic E-state index is 0.0172. The van der Waals surface area contributed by atoms with Gasteiger partial charge in [-0.3, -0.25) is 9.59 Å². The molecule has 0 saturated carbocycles. The number of hydrogen-bond donors (Lipinski definition) is 1. The highest BCUT2D eigenvalue weighted by atomic mass is 16.6. The van der Waals surface area contributed by atoms with Crippen LogP contribution in [0.3, 0.4) is 0 Å². The monoisotopic (exact) mass is 347 g/mol. The van der Waals surface area contributed by atoms with E-state index in [2.05, 4.69) is 5.32 Å². The van der Waals surface area contributed by atoms with Gasteiger partial charge in [0.2, 0.25) is 0 Å². The maximum absolute atomic E-state index is 12.1. The Labute approximate surface area is 147 Å². The second-order valence-corrected chi connectivity index (χ2v) is 7.10. The van der Waals surface area contributed by atoms with Crippen LogP contribution in [-0.4, -0.2) is 36.6 Å². The highest BCUT2D eigenvalue weighted by Gasteiger charge is 2.17. The molecule has 0 spiro atoms. The van der Waals surface area contributed by atoms with E-state index < -0.39 is 17.7 Å². The van der Waals surface area contributed by atoms with Crippen LogP contribution in [0, 0.1) is 0 Å². The molecule has 2 rings (SSSR count). The number of amides is 1. The Morgan fingerprint density at radius 3 is 2.56 bits per heavy atom. The van der Waals surface area contributed by atoms with Crippen molar-refractivity contribution in [3.05, 3.63) is 34.9 Å². The van der Waals surface area contributed by atoms with Crippen LogP contribution in [0.15, 0.2) is 18.2 Å². The van der Waals surface area contributed by atoms with E-state index in [0.717, 1.165) is 19.3 Å². The van der Waals surface area contributed by atoms with E-state index in [1.165, 1.54) is 11.1 Å². The predicted molar refractivity (Wildman–Crippen MR) is 92.6 cm³/mol. The first kappa shape index (κ1) is 19.0. The third-order valence-electron chi connectivity index (χ3n) is 3.78. The molecular weight excluding hydrogens is 322 g/mol. The number of ketones is 1. The van der Waals surface area contributed by atoms with Gasteiger partial charge in [-0.15, -0.1) is 0 Å². The number of fused-ring (bicyclic) bond motifs is 1. The van der Waals surface area contributed by atoms with Gasteiger partial charge in [-0.2, -0.15) is 0 Å². The van der Waals surface area contributed by atoms with Crippen LogP contribution in [0.2, 0.25) is 0 Å². The SMILES string of the molecule is CC(C)(C)OC(=O)NCCC(=O)OCC(=O)c1ccc2c(c1)CCC2. The summed E-state index contributed by atoms with van der Waals surface area (Å²) in [6.45, 7) is 5.08. The molecule has 0 aliphatic heterocycles. The van der Waals surface area contributed by atoms with Crippen molar-refractivity contribution >= 4 is 17.8 Å². The van der Waals surface area contributed by atoms with E-state index in [9.17, 15) is 14.4 Å². The molecule has 0 fully saturated rings. The Morgan fingerprint density at radius 1 is 1.12 bits per heavy atom.